The quantitative estimate of drug-likeness (QED) is 0.283. The lowest BCUT2D eigenvalue weighted by atomic mass is 9.51. The van der Waals surface area contributed by atoms with Gasteiger partial charge in [0.2, 0.25) is 11.9 Å². The van der Waals surface area contributed by atoms with Gasteiger partial charge in [-0.25, -0.2) is 9.59 Å². The number of hydrogen-bond donors (Lipinski definition) is 2. The van der Waals surface area contributed by atoms with E-state index in [0.29, 0.717) is 0 Å². The lowest BCUT2D eigenvalue weighted by Gasteiger charge is -2.50. The molecule has 0 unspecified atom stereocenters. The maximum Gasteiger partial charge on any atom is 0.342 e. The van der Waals surface area contributed by atoms with Crippen LogP contribution in [0.1, 0.15) is 50.0 Å². The summed E-state index contributed by atoms with van der Waals surface area (Å²) in [5, 5.41) is 25.1. The molecule has 6 fully saturated rings. The van der Waals surface area contributed by atoms with E-state index in [1.54, 1.807) is 12.1 Å². The van der Waals surface area contributed by atoms with Crippen LogP contribution in [0.25, 0.3) is 11.1 Å². The Kier molecular flexibility index (Phi) is 6.88. The number of carbonyl (C=O) groups excluding carboxylic acids is 3. The molecule has 12 atom stereocenters. The van der Waals surface area contributed by atoms with Gasteiger partial charge < -0.3 is 38.6 Å². The van der Waals surface area contributed by atoms with Gasteiger partial charge in [-0.15, -0.1) is 0 Å². The van der Waals surface area contributed by atoms with Crippen molar-refractivity contribution in [1.82, 2.24) is 0 Å². The van der Waals surface area contributed by atoms with Crippen LogP contribution in [0.2, 0.25) is 0 Å². The number of aliphatic hydroxyl groups excluding tert-OH is 1. The van der Waals surface area contributed by atoms with E-state index in [9.17, 15) is 24.6 Å². The highest BCUT2D eigenvalue weighted by Crippen LogP contribution is 2.85. The first kappa shape index (κ1) is 32.8. The molecule has 6 aliphatic rings. The normalized spacial score (nSPS) is 41.5. The van der Waals surface area contributed by atoms with E-state index in [4.69, 9.17) is 28.4 Å². The molecule has 51 heavy (non-hydrogen) atoms. The van der Waals surface area contributed by atoms with E-state index in [1.165, 1.54) is 6.92 Å². The fourth-order valence-corrected chi connectivity index (χ4v) is 10.9. The summed E-state index contributed by atoms with van der Waals surface area (Å²) in [4.78, 5) is 41.2. The van der Waals surface area contributed by atoms with Crippen molar-refractivity contribution in [2.45, 2.75) is 88.9 Å². The lowest BCUT2D eigenvalue weighted by molar-refractivity contribution is -0.263. The number of aliphatic hydroxyl groups is 2. The number of esters is 3. The number of ether oxygens (including phenoxy) is 6. The van der Waals surface area contributed by atoms with Crippen LogP contribution in [-0.4, -0.2) is 76.3 Å². The van der Waals surface area contributed by atoms with Gasteiger partial charge in [-0.05, 0) is 53.5 Å². The molecule has 0 radical (unpaired) electrons. The summed E-state index contributed by atoms with van der Waals surface area (Å²) in [6.07, 6.45) is -7.56. The summed E-state index contributed by atoms with van der Waals surface area (Å²) in [7, 11) is 0. The molecule has 9 rings (SSSR count). The molecule has 11 heteroatoms. The van der Waals surface area contributed by atoms with Crippen molar-refractivity contribution < 1.29 is 53.0 Å². The number of hydrogen-bond acceptors (Lipinski definition) is 11. The highest BCUT2D eigenvalue weighted by Gasteiger charge is 3.03. The van der Waals surface area contributed by atoms with Gasteiger partial charge in [0.25, 0.3) is 0 Å². The van der Waals surface area contributed by atoms with Crippen LogP contribution in [0.4, 0.5) is 0 Å². The third-order valence-electron chi connectivity index (χ3n) is 12.8. The molecule has 266 valence electrons. The Morgan fingerprint density at radius 2 is 1.57 bits per heavy atom. The van der Waals surface area contributed by atoms with E-state index < -0.39 is 94.2 Å². The highest BCUT2D eigenvalue weighted by atomic mass is 16.8. The van der Waals surface area contributed by atoms with E-state index in [0.717, 1.165) is 16.7 Å². The van der Waals surface area contributed by atoms with Gasteiger partial charge in [0.05, 0.1) is 28.9 Å². The standard InChI is InChI=1S/C40H40O11/c1-21-31(42)48-29-28(41)38-27-19-26(36(2,3)4)37(38)30(46-20-22-11-7-5-8-12-22)33(50-35(37)51-40(38,34(44)47-27)39(21,29)45)49-32(43)25-17-15-24(16-18-25)23-13-9-6-10-14-23/h5-18,21,26-30,33,35,41,45H,19-20H2,1-4H3/t21-,26+,27-,28-,29+,30+,33+,35+,37+,38+,39-,40-/m1/s1. The molecular weight excluding hydrogens is 656 g/mol. The topological polar surface area (TPSA) is 147 Å². The molecule has 3 aromatic carbocycles. The molecular formula is C40H40O11. The number of rotatable bonds is 6. The smallest absolute Gasteiger partial charge is 0.342 e. The van der Waals surface area contributed by atoms with Gasteiger partial charge >= 0.3 is 17.9 Å². The average Bonchev–Trinajstić information content (AvgIpc) is 3.85. The average molecular weight is 697 g/mol. The van der Waals surface area contributed by atoms with Crippen molar-refractivity contribution in [3.05, 3.63) is 96.1 Å². The molecule has 4 heterocycles. The van der Waals surface area contributed by atoms with Gasteiger partial charge in [0.15, 0.2) is 18.0 Å². The Labute approximate surface area is 294 Å². The zero-order valence-electron chi connectivity index (χ0n) is 28.7. The predicted molar refractivity (Wildman–Crippen MR) is 177 cm³/mol. The Morgan fingerprint density at radius 1 is 0.922 bits per heavy atom. The maximum atomic E-state index is 14.3. The fraction of sp³-hybridized carbons (Fsp3) is 0.475. The first-order valence-electron chi connectivity index (χ1n) is 17.5. The van der Waals surface area contributed by atoms with Crippen LogP contribution >= 0.6 is 0 Å². The molecule has 2 spiro atoms. The van der Waals surface area contributed by atoms with Gasteiger partial charge in [-0.3, -0.25) is 4.79 Å². The third kappa shape index (κ3) is 3.78. The summed E-state index contributed by atoms with van der Waals surface area (Å²) >= 11 is 0. The molecule has 3 aromatic rings. The van der Waals surface area contributed by atoms with Crippen molar-refractivity contribution in [3.63, 3.8) is 0 Å². The largest absolute Gasteiger partial charge is 0.459 e. The van der Waals surface area contributed by atoms with E-state index in [1.807, 2.05) is 93.6 Å². The van der Waals surface area contributed by atoms with Crippen molar-refractivity contribution in [3.8, 4) is 11.1 Å². The van der Waals surface area contributed by atoms with Gasteiger partial charge in [0, 0.05) is 0 Å². The molecule has 0 bridgehead atoms. The van der Waals surface area contributed by atoms with Crippen LogP contribution in [0.5, 0.6) is 0 Å². The summed E-state index contributed by atoms with van der Waals surface area (Å²) in [5.74, 6) is -3.97. The molecule has 4 saturated heterocycles. The minimum atomic E-state index is -2.28. The first-order chi connectivity index (χ1) is 24.3. The van der Waals surface area contributed by atoms with Gasteiger partial charge in [0.1, 0.15) is 18.3 Å². The second-order valence-electron chi connectivity index (χ2n) is 15.9. The Balaban J connectivity index is 1.17. The Morgan fingerprint density at radius 3 is 2.24 bits per heavy atom. The van der Waals surface area contributed by atoms with Crippen LogP contribution < -0.4 is 0 Å². The number of benzene rings is 3. The summed E-state index contributed by atoms with van der Waals surface area (Å²) in [5.41, 5.74) is -5.14. The van der Waals surface area contributed by atoms with Crippen LogP contribution in [0.3, 0.4) is 0 Å². The monoisotopic (exact) mass is 696 g/mol. The summed E-state index contributed by atoms with van der Waals surface area (Å²) in [6.45, 7) is 7.62. The summed E-state index contributed by atoms with van der Waals surface area (Å²) < 4.78 is 38.1. The van der Waals surface area contributed by atoms with Crippen molar-refractivity contribution >= 4 is 17.9 Å². The van der Waals surface area contributed by atoms with Crippen LogP contribution in [-0.2, 0) is 44.6 Å². The Hall–Kier alpha value is -4.13. The SMILES string of the molecule is C[C@@H]1C(=O)O[C@H]2[C@@H](O)[C@@]34[C@H]5C[C@@H](C(C)(C)C)[C@]36[C@@H](O[C@H](OC(=O)c3ccc(-c7ccccc7)cc3)[C@@H]6OCc3ccccc3)O[C@@]4(C(=O)O5)[C@@]12O. The molecule has 2 saturated carbocycles. The zero-order chi connectivity index (χ0) is 35.7. The zero-order valence-corrected chi connectivity index (χ0v) is 28.7. The van der Waals surface area contributed by atoms with Crippen LogP contribution in [0.15, 0.2) is 84.9 Å². The minimum Gasteiger partial charge on any atom is -0.459 e. The molecule has 2 N–H and O–H groups in total. The van der Waals surface area contributed by atoms with Crippen molar-refractivity contribution in [2.75, 3.05) is 0 Å². The predicted octanol–water partition coefficient (Wildman–Crippen LogP) is 4.18. The van der Waals surface area contributed by atoms with Crippen molar-refractivity contribution in [2.24, 2.45) is 28.1 Å². The maximum absolute atomic E-state index is 14.3. The third-order valence-corrected chi connectivity index (χ3v) is 12.8. The fourth-order valence-electron chi connectivity index (χ4n) is 10.9. The Bertz CT molecular complexity index is 1910. The van der Waals surface area contributed by atoms with E-state index in [2.05, 4.69) is 0 Å². The molecule has 2 aliphatic carbocycles. The summed E-state index contributed by atoms with van der Waals surface area (Å²) in [6, 6.07) is 26.2. The van der Waals surface area contributed by atoms with Gasteiger partial charge in [-0.1, -0.05) is 93.6 Å². The molecule has 4 aliphatic heterocycles. The van der Waals surface area contributed by atoms with E-state index in [-0.39, 0.29) is 18.6 Å². The molecule has 11 nitrogen and oxygen atoms in total. The first-order valence-corrected chi connectivity index (χ1v) is 17.5. The molecule has 0 amide bonds. The second kappa shape index (κ2) is 10.7. The van der Waals surface area contributed by atoms with Gasteiger partial charge in [-0.2, -0.15) is 0 Å². The number of carbonyl (C=O) groups is 3. The lowest BCUT2D eigenvalue weighted by Crippen LogP contribution is -2.67. The second-order valence-corrected chi connectivity index (χ2v) is 15.9. The van der Waals surface area contributed by atoms with Crippen LogP contribution in [0, 0.1) is 28.1 Å². The molecule has 0 aromatic heterocycles. The number of fused-ring (bicyclic) bond motifs is 1. The van der Waals surface area contributed by atoms with E-state index >= 15 is 0 Å². The van der Waals surface area contributed by atoms with Crippen molar-refractivity contribution in [1.29, 1.82) is 0 Å². The minimum absolute atomic E-state index is 0.0672. The highest BCUT2D eigenvalue weighted by molar-refractivity contribution is 5.93.